The Balaban J connectivity index is 2.41. The Morgan fingerprint density at radius 2 is 1.84 bits per heavy atom. The molecular weight excluding hydrogens is 242 g/mol. The summed E-state index contributed by atoms with van der Waals surface area (Å²) in [5.41, 5.74) is 0.735. The largest absolute Gasteiger partial charge is 0.342 e. The highest BCUT2D eigenvalue weighted by molar-refractivity contribution is 5.80. The van der Waals surface area contributed by atoms with Gasteiger partial charge < -0.3 is 4.90 Å². The van der Waals surface area contributed by atoms with Gasteiger partial charge >= 0.3 is 0 Å². The highest BCUT2D eigenvalue weighted by Crippen LogP contribution is 2.09. The fourth-order valence-corrected chi connectivity index (χ4v) is 2.32. The van der Waals surface area contributed by atoms with Crippen molar-refractivity contribution in [3.8, 4) is 0 Å². The Morgan fingerprint density at radius 1 is 1.21 bits per heavy atom. The average molecular weight is 261 g/mol. The topological polar surface area (TPSA) is 47.2 Å². The summed E-state index contributed by atoms with van der Waals surface area (Å²) in [6.45, 7) is 5.28. The molecule has 1 amide bonds. The standard InChI is InChI=1S/C14H19N3O2/c1-4-16(5-2)13(18)10-17-14(19)11-8-6-7-9-12(11)15(17)3/h6-9H,4-5,10H2,1-3H3. The maximum absolute atomic E-state index is 12.3. The van der Waals surface area contributed by atoms with Crippen LogP contribution in [0.5, 0.6) is 0 Å². The molecule has 0 unspecified atom stereocenters. The summed E-state index contributed by atoms with van der Waals surface area (Å²) in [6.07, 6.45) is 0. The van der Waals surface area contributed by atoms with E-state index in [9.17, 15) is 9.59 Å². The number of carbonyl (C=O) groups excluding carboxylic acids is 1. The Kier molecular flexibility index (Phi) is 3.74. The molecule has 102 valence electrons. The van der Waals surface area contributed by atoms with Crippen LogP contribution in [-0.4, -0.2) is 33.3 Å². The van der Waals surface area contributed by atoms with Crippen LogP contribution in [0.3, 0.4) is 0 Å². The van der Waals surface area contributed by atoms with Crippen LogP contribution < -0.4 is 5.56 Å². The van der Waals surface area contributed by atoms with E-state index in [1.807, 2.05) is 32.0 Å². The third-order valence-electron chi connectivity index (χ3n) is 3.48. The van der Waals surface area contributed by atoms with Crippen LogP contribution >= 0.6 is 0 Å². The zero-order valence-corrected chi connectivity index (χ0v) is 11.6. The fraction of sp³-hybridized carbons (Fsp3) is 0.429. The van der Waals surface area contributed by atoms with Crippen molar-refractivity contribution in [2.45, 2.75) is 20.4 Å². The number of hydrogen-bond acceptors (Lipinski definition) is 2. The second kappa shape index (κ2) is 5.30. The molecule has 2 rings (SSSR count). The smallest absolute Gasteiger partial charge is 0.275 e. The van der Waals surface area contributed by atoms with Gasteiger partial charge in [0, 0.05) is 20.1 Å². The number of aryl methyl sites for hydroxylation is 1. The van der Waals surface area contributed by atoms with E-state index in [-0.39, 0.29) is 18.0 Å². The van der Waals surface area contributed by atoms with Gasteiger partial charge in [-0.05, 0) is 26.0 Å². The Morgan fingerprint density at radius 3 is 2.42 bits per heavy atom. The molecule has 0 aliphatic rings. The molecule has 1 aromatic heterocycles. The molecule has 0 bridgehead atoms. The second-order valence-corrected chi connectivity index (χ2v) is 4.47. The quantitative estimate of drug-likeness (QED) is 0.830. The monoisotopic (exact) mass is 261 g/mol. The van der Waals surface area contributed by atoms with E-state index in [1.54, 1.807) is 22.7 Å². The van der Waals surface area contributed by atoms with E-state index in [0.717, 1.165) is 5.52 Å². The maximum atomic E-state index is 12.3. The van der Waals surface area contributed by atoms with Crippen molar-refractivity contribution in [1.29, 1.82) is 0 Å². The lowest BCUT2D eigenvalue weighted by atomic mass is 10.2. The lowest BCUT2D eigenvalue weighted by Crippen LogP contribution is -2.37. The molecule has 19 heavy (non-hydrogen) atoms. The van der Waals surface area contributed by atoms with Crippen LogP contribution in [-0.2, 0) is 18.4 Å². The van der Waals surface area contributed by atoms with E-state index in [4.69, 9.17) is 0 Å². The second-order valence-electron chi connectivity index (χ2n) is 4.47. The van der Waals surface area contributed by atoms with E-state index >= 15 is 0 Å². The van der Waals surface area contributed by atoms with Crippen LogP contribution in [0.25, 0.3) is 10.9 Å². The molecule has 0 saturated heterocycles. The third kappa shape index (κ3) is 2.28. The van der Waals surface area contributed by atoms with E-state index in [0.29, 0.717) is 18.5 Å². The molecular formula is C14H19N3O2. The molecule has 0 spiro atoms. The first kappa shape index (κ1) is 13.4. The molecule has 0 aliphatic carbocycles. The summed E-state index contributed by atoms with van der Waals surface area (Å²) >= 11 is 0. The van der Waals surface area contributed by atoms with Crippen molar-refractivity contribution in [3.63, 3.8) is 0 Å². The van der Waals surface area contributed by atoms with Crippen molar-refractivity contribution in [2.75, 3.05) is 13.1 Å². The van der Waals surface area contributed by atoms with Gasteiger partial charge in [0.2, 0.25) is 5.91 Å². The molecule has 1 heterocycles. The SMILES string of the molecule is CCN(CC)C(=O)Cn1c(=O)c2ccccc2n1C. The summed E-state index contributed by atoms with van der Waals surface area (Å²) in [5.74, 6) is -0.0296. The lowest BCUT2D eigenvalue weighted by molar-refractivity contribution is -0.131. The zero-order chi connectivity index (χ0) is 14.0. The number of amides is 1. The highest BCUT2D eigenvalue weighted by atomic mass is 16.2. The summed E-state index contributed by atoms with van der Waals surface area (Å²) in [7, 11) is 1.80. The maximum Gasteiger partial charge on any atom is 0.275 e. The molecule has 0 N–H and O–H groups in total. The summed E-state index contributed by atoms with van der Waals surface area (Å²) in [6, 6.07) is 7.39. The number of para-hydroxylation sites is 1. The van der Waals surface area contributed by atoms with Crippen molar-refractivity contribution in [2.24, 2.45) is 7.05 Å². The van der Waals surface area contributed by atoms with Crippen LogP contribution in [0, 0.1) is 0 Å². The molecule has 0 atom stereocenters. The number of rotatable bonds is 4. The van der Waals surface area contributed by atoms with Crippen LogP contribution in [0.15, 0.2) is 29.1 Å². The average Bonchev–Trinajstić information content (AvgIpc) is 2.66. The van der Waals surface area contributed by atoms with E-state index < -0.39 is 0 Å². The molecule has 5 nitrogen and oxygen atoms in total. The number of hydrogen-bond donors (Lipinski definition) is 0. The van der Waals surface area contributed by atoms with Gasteiger partial charge in [0.15, 0.2) is 0 Å². The molecule has 0 aliphatic heterocycles. The van der Waals surface area contributed by atoms with Gasteiger partial charge in [0.1, 0.15) is 6.54 Å². The van der Waals surface area contributed by atoms with Gasteiger partial charge in [0.05, 0.1) is 10.9 Å². The first-order valence-electron chi connectivity index (χ1n) is 6.52. The molecule has 0 saturated carbocycles. The molecule has 5 heteroatoms. The van der Waals surface area contributed by atoms with Gasteiger partial charge in [-0.15, -0.1) is 0 Å². The van der Waals surface area contributed by atoms with Crippen LogP contribution in [0.4, 0.5) is 0 Å². The first-order valence-corrected chi connectivity index (χ1v) is 6.52. The van der Waals surface area contributed by atoms with E-state index in [2.05, 4.69) is 0 Å². The lowest BCUT2D eigenvalue weighted by Gasteiger charge is -2.19. The highest BCUT2D eigenvalue weighted by Gasteiger charge is 2.15. The van der Waals surface area contributed by atoms with Gasteiger partial charge in [-0.2, -0.15) is 0 Å². The van der Waals surface area contributed by atoms with Crippen molar-refractivity contribution < 1.29 is 4.79 Å². The third-order valence-corrected chi connectivity index (χ3v) is 3.48. The minimum Gasteiger partial charge on any atom is -0.342 e. The molecule has 0 radical (unpaired) electrons. The number of nitrogens with zero attached hydrogens (tertiary/aromatic N) is 3. The van der Waals surface area contributed by atoms with Crippen LogP contribution in [0.1, 0.15) is 13.8 Å². The van der Waals surface area contributed by atoms with Crippen molar-refractivity contribution >= 4 is 16.8 Å². The Bertz CT molecular complexity index is 650. The number of carbonyl (C=O) groups is 1. The number of likely N-dealkylation sites (N-methyl/N-ethyl adjacent to an activating group) is 1. The number of benzene rings is 1. The predicted octanol–water partition coefficient (Wildman–Crippen LogP) is 1.21. The van der Waals surface area contributed by atoms with Crippen LogP contribution in [0.2, 0.25) is 0 Å². The Hall–Kier alpha value is -2.04. The van der Waals surface area contributed by atoms with E-state index in [1.165, 1.54) is 4.68 Å². The minimum atomic E-state index is -0.112. The van der Waals surface area contributed by atoms with Gasteiger partial charge in [-0.25, -0.2) is 4.68 Å². The summed E-state index contributed by atoms with van der Waals surface area (Å²) < 4.78 is 3.24. The normalized spacial score (nSPS) is 10.9. The predicted molar refractivity (Wildman–Crippen MR) is 75.1 cm³/mol. The molecule has 1 aromatic carbocycles. The van der Waals surface area contributed by atoms with Gasteiger partial charge in [-0.3, -0.25) is 14.3 Å². The first-order chi connectivity index (χ1) is 9.10. The fourth-order valence-electron chi connectivity index (χ4n) is 2.32. The van der Waals surface area contributed by atoms with Gasteiger partial charge in [-0.1, -0.05) is 12.1 Å². The molecule has 2 aromatic rings. The summed E-state index contributed by atoms with van der Waals surface area (Å²) in [5, 5.41) is 0.650. The molecule has 0 fully saturated rings. The number of aromatic nitrogens is 2. The minimum absolute atomic E-state index is 0.0296. The summed E-state index contributed by atoms with van der Waals surface area (Å²) in [4.78, 5) is 26.1. The number of fused-ring (bicyclic) bond motifs is 1. The van der Waals surface area contributed by atoms with Crippen molar-refractivity contribution in [1.82, 2.24) is 14.3 Å². The van der Waals surface area contributed by atoms with Crippen molar-refractivity contribution in [3.05, 3.63) is 34.6 Å². The Labute approximate surface area is 112 Å². The zero-order valence-electron chi connectivity index (χ0n) is 11.6. The van der Waals surface area contributed by atoms with Gasteiger partial charge in [0.25, 0.3) is 5.56 Å².